The number of nitrogens with zero attached hydrogens (tertiary/aromatic N) is 2. The average molecular weight is 766 g/mol. The Bertz CT molecular complexity index is 1830. The van der Waals surface area contributed by atoms with Crippen LogP contribution in [0.4, 0.5) is 5.69 Å². The first-order valence-corrected chi connectivity index (χ1v) is 18.3. The van der Waals surface area contributed by atoms with Gasteiger partial charge in [0.25, 0.3) is 5.91 Å². The number of amides is 4. The molecule has 280 valence electrons. The first-order chi connectivity index (χ1) is 25.3. The third-order valence-electron chi connectivity index (χ3n) is 10.00. The van der Waals surface area contributed by atoms with E-state index < -0.39 is 53.8 Å². The second-order valence-corrected chi connectivity index (χ2v) is 14.5. The third kappa shape index (κ3) is 9.54. The monoisotopic (exact) mass is 764 g/mol. The maximum atomic E-state index is 14.4. The minimum atomic E-state index is -1.23. The zero-order valence-electron chi connectivity index (χ0n) is 29.2. The summed E-state index contributed by atoms with van der Waals surface area (Å²) in [6.45, 7) is 1.72. The van der Waals surface area contributed by atoms with Gasteiger partial charge in [0.1, 0.15) is 18.2 Å². The number of carbonyl (C=O) groups is 6. The van der Waals surface area contributed by atoms with Crippen LogP contribution in [-0.2, 0) is 41.6 Å². The normalized spacial score (nSPS) is 18.4. The van der Waals surface area contributed by atoms with E-state index >= 15 is 0 Å². The summed E-state index contributed by atoms with van der Waals surface area (Å²) >= 11 is 12.3. The lowest BCUT2D eigenvalue weighted by atomic mass is 9.81. The Labute approximate surface area is 317 Å². The van der Waals surface area contributed by atoms with Crippen LogP contribution in [-0.4, -0.2) is 69.3 Å². The summed E-state index contributed by atoms with van der Waals surface area (Å²) in [5.41, 5.74) is 1.56. The summed E-state index contributed by atoms with van der Waals surface area (Å²) in [4.78, 5) is 80.0. The van der Waals surface area contributed by atoms with Crippen LogP contribution < -0.4 is 15.5 Å². The van der Waals surface area contributed by atoms with E-state index in [2.05, 4.69) is 10.6 Å². The molecule has 1 aliphatic heterocycles. The Kier molecular flexibility index (Phi) is 12.8. The van der Waals surface area contributed by atoms with Crippen molar-refractivity contribution < 1.29 is 39.0 Å². The molecule has 0 bridgehead atoms. The van der Waals surface area contributed by atoms with Crippen LogP contribution >= 0.6 is 23.2 Å². The topological polar surface area (TPSA) is 173 Å². The number of rotatable bonds is 15. The lowest BCUT2D eigenvalue weighted by molar-refractivity contribution is -0.144. The summed E-state index contributed by atoms with van der Waals surface area (Å²) < 4.78 is 0. The van der Waals surface area contributed by atoms with Gasteiger partial charge in [-0.25, -0.2) is 4.79 Å². The fourth-order valence-corrected chi connectivity index (χ4v) is 7.50. The maximum absolute atomic E-state index is 14.4. The van der Waals surface area contributed by atoms with Crippen LogP contribution in [0.5, 0.6) is 0 Å². The van der Waals surface area contributed by atoms with E-state index in [4.69, 9.17) is 23.2 Å². The van der Waals surface area contributed by atoms with Gasteiger partial charge < -0.3 is 25.7 Å². The number of anilines is 1. The van der Waals surface area contributed by atoms with Crippen LogP contribution in [0.2, 0.25) is 10.0 Å². The fraction of sp³-hybridized carbons (Fsp3) is 0.385. The van der Waals surface area contributed by atoms with E-state index in [9.17, 15) is 39.0 Å². The Morgan fingerprint density at radius 2 is 1.43 bits per heavy atom. The van der Waals surface area contributed by atoms with Gasteiger partial charge in [-0.2, -0.15) is 0 Å². The highest BCUT2D eigenvalue weighted by molar-refractivity contribution is 6.30. The third-order valence-corrected chi connectivity index (χ3v) is 10.5. The van der Waals surface area contributed by atoms with E-state index in [1.54, 1.807) is 72.8 Å². The van der Waals surface area contributed by atoms with Crippen molar-refractivity contribution in [2.75, 3.05) is 11.4 Å². The first kappa shape index (κ1) is 39.3. The molecule has 0 radical (unpaired) electrons. The lowest BCUT2D eigenvalue weighted by Crippen LogP contribution is -2.49. The highest BCUT2D eigenvalue weighted by atomic mass is 35.5. The average Bonchev–Trinajstić information content (AvgIpc) is 3.71. The highest BCUT2D eigenvalue weighted by Gasteiger charge is 2.49. The maximum Gasteiger partial charge on any atom is 0.326 e. The SMILES string of the molecule is CC(=O)NCCC1(C(=O)NC(Cc2ccc(N3C(=O)[C@@H](Cc4ccc(Cl)cc4)N(C(=O)CCC(=O)O)[C@H]3c3ccc(Cl)cc3)cc2)C(=O)O)CCCC1. The van der Waals surface area contributed by atoms with Crippen LogP contribution in [0.15, 0.2) is 72.8 Å². The van der Waals surface area contributed by atoms with E-state index in [0.29, 0.717) is 52.7 Å². The molecule has 0 spiro atoms. The number of hydrogen-bond donors (Lipinski definition) is 4. The van der Waals surface area contributed by atoms with Crippen LogP contribution in [0.25, 0.3) is 0 Å². The summed E-state index contributed by atoms with van der Waals surface area (Å²) in [5, 5.41) is 25.9. The Morgan fingerprint density at radius 1 is 0.849 bits per heavy atom. The molecule has 14 heteroatoms. The standard InChI is InChI=1S/C39H42Cl2N4O8/c1-24(46)42-21-20-39(18-2-3-19-39)38(53)43-31(37(51)52)22-25-6-14-30(15-7-25)44-35(27-8-12-29(41)13-9-27)45(33(47)16-17-34(48)49)32(36(44)50)23-26-4-10-28(40)11-5-26/h4-15,31-32,35H,2-3,16-23H2,1H3,(H,42,46)(H,43,53)(H,48,49)(H,51,52)/t31?,32-,35+/m1/s1. The molecule has 5 rings (SSSR count). The predicted octanol–water partition coefficient (Wildman–Crippen LogP) is 5.54. The first-order valence-electron chi connectivity index (χ1n) is 17.5. The number of nitrogens with one attached hydrogen (secondary N) is 2. The Balaban J connectivity index is 1.43. The number of halogens is 2. The van der Waals surface area contributed by atoms with Gasteiger partial charge in [0.05, 0.1) is 11.8 Å². The number of carboxylic acids is 2. The molecule has 53 heavy (non-hydrogen) atoms. The molecular formula is C39H42Cl2N4O8. The molecule has 3 aromatic rings. The van der Waals surface area contributed by atoms with Gasteiger partial charge in [-0.15, -0.1) is 0 Å². The molecule has 2 aliphatic rings. The Morgan fingerprint density at radius 3 is 2.00 bits per heavy atom. The van der Waals surface area contributed by atoms with Crippen LogP contribution in [0.3, 0.4) is 0 Å². The highest BCUT2D eigenvalue weighted by Crippen LogP contribution is 2.42. The smallest absolute Gasteiger partial charge is 0.326 e. The summed E-state index contributed by atoms with van der Waals surface area (Å²) in [7, 11) is 0. The number of carbonyl (C=O) groups excluding carboxylic acids is 4. The molecule has 1 unspecified atom stereocenters. The molecule has 4 N–H and O–H groups in total. The van der Waals surface area contributed by atoms with Crippen LogP contribution in [0, 0.1) is 5.41 Å². The number of carboxylic acid groups (broad SMARTS) is 2. The van der Waals surface area contributed by atoms with Crippen molar-refractivity contribution in [3.63, 3.8) is 0 Å². The number of hydrogen-bond acceptors (Lipinski definition) is 6. The van der Waals surface area contributed by atoms with Gasteiger partial charge in [0.2, 0.25) is 17.7 Å². The fourth-order valence-electron chi connectivity index (χ4n) is 7.25. The van der Waals surface area contributed by atoms with Gasteiger partial charge in [0, 0.05) is 48.5 Å². The van der Waals surface area contributed by atoms with Crippen molar-refractivity contribution in [1.82, 2.24) is 15.5 Å². The molecule has 12 nitrogen and oxygen atoms in total. The molecule has 1 saturated heterocycles. The van der Waals surface area contributed by atoms with Crippen LogP contribution in [0.1, 0.15) is 74.7 Å². The van der Waals surface area contributed by atoms with Gasteiger partial charge in [0.15, 0.2) is 0 Å². The zero-order valence-corrected chi connectivity index (χ0v) is 30.7. The molecular weight excluding hydrogens is 723 g/mol. The van der Waals surface area contributed by atoms with Crippen molar-refractivity contribution in [2.24, 2.45) is 5.41 Å². The number of benzene rings is 3. The predicted molar refractivity (Wildman–Crippen MR) is 198 cm³/mol. The van der Waals surface area contributed by atoms with Gasteiger partial charge in [-0.05, 0) is 72.4 Å². The molecule has 1 saturated carbocycles. The molecule has 3 atom stereocenters. The zero-order chi connectivity index (χ0) is 38.3. The molecule has 4 amide bonds. The minimum absolute atomic E-state index is 0.0311. The van der Waals surface area contributed by atoms with Gasteiger partial charge in [-0.3, -0.25) is 28.9 Å². The van der Waals surface area contributed by atoms with Crippen molar-refractivity contribution in [3.8, 4) is 0 Å². The largest absolute Gasteiger partial charge is 0.481 e. The van der Waals surface area contributed by atoms with Crippen molar-refractivity contribution in [3.05, 3.63) is 99.5 Å². The summed E-state index contributed by atoms with van der Waals surface area (Å²) in [5.74, 6) is -3.81. The van der Waals surface area contributed by atoms with E-state index in [0.717, 1.165) is 18.4 Å². The van der Waals surface area contributed by atoms with Crippen molar-refractivity contribution >= 4 is 64.5 Å². The molecule has 1 aliphatic carbocycles. The lowest BCUT2D eigenvalue weighted by Gasteiger charge is -2.32. The summed E-state index contributed by atoms with van der Waals surface area (Å²) in [6.07, 6.45) is 1.70. The molecule has 1 heterocycles. The molecule has 3 aromatic carbocycles. The Hall–Kier alpha value is -4.94. The number of aliphatic carboxylic acids is 2. The van der Waals surface area contributed by atoms with E-state index in [1.807, 2.05) is 0 Å². The second kappa shape index (κ2) is 17.3. The van der Waals surface area contributed by atoms with Gasteiger partial charge in [-0.1, -0.05) is 72.4 Å². The summed E-state index contributed by atoms with van der Waals surface area (Å²) in [6, 6.07) is 18.1. The quantitative estimate of drug-likeness (QED) is 0.156. The second-order valence-electron chi connectivity index (χ2n) is 13.6. The molecule has 2 fully saturated rings. The van der Waals surface area contributed by atoms with Gasteiger partial charge >= 0.3 is 11.9 Å². The van der Waals surface area contributed by atoms with E-state index in [-0.39, 0.29) is 31.1 Å². The minimum Gasteiger partial charge on any atom is -0.481 e. The van der Waals surface area contributed by atoms with E-state index in [1.165, 1.54) is 16.7 Å². The van der Waals surface area contributed by atoms with Crippen molar-refractivity contribution in [2.45, 2.75) is 83.0 Å². The van der Waals surface area contributed by atoms with Crippen molar-refractivity contribution in [1.29, 1.82) is 0 Å². The molecule has 0 aromatic heterocycles.